The summed E-state index contributed by atoms with van der Waals surface area (Å²) < 4.78 is 27.2. The Morgan fingerprint density at radius 3 is 2.12 bits per heavy atom. The van der Waals surface area contributed by atoms with E-state index in [-0.39, 0.29) is 11.3 Å². The zero-order valence-corrected chi connectivity index (χ0v) is 9.76. The summed E-state index contributed by atoms with van der Waals surface area (Å²) in [4.78, 5) is 10.9. The molecule has 16 heavy (non-hydrogen) atoms. The number of Topliss-reactive ketones (excluding diaryl/α,β-unsaturated/α-hetero) is 1. The summed E-state index contributed by atoms with van der Waals surface area (Å²) in [6, 6.07) is 5.98. The number of hydrogen-bond acceptors (Lipinski definition) is 1. The molecule has 88 valence electrons. The van der Waals surface area contributed by atoms with E-state index in [2.05, 4.69) is 0 Å². The Morgan fingerprint density at radius 1 is 1.25 bits per heavy atom. The van der Waals surface area contributed by atoms with Gasteiger partial charge in [0.05, 0.1) is 0 Å². The quantitative estimate of drug-likeness (QED) is 0.767. The van der Waals surface area contributed by atoms with Crippen molar-refractivity contribution in [3.05, 3.63) is 35.4 Å². The van der Waals surface area contributed by atoms with E-state index in [4.69, 9.17) is 0 Å². The molecule has 0 aliphatic rings. The lowest BCUT2D eigenvalue weighted by atomic mass is 9.96. The first kappa shape index (κ1) is 12.8. The predicted octanol–water partition coefficient (Wildman–Crippen LogP) is 3.57. The highest BCUT2D eigenvalue weighted by Crippen LogP contribution is 2.35. The molecule has 3 heteroatoms. The molecule has 1 aromatic rings. The third kappa shape index (κ3) is 2.87. The molecule has 0 aromatic heterocycles. The lowest BCUT2D eigenvalue weighted by Gasteiger charge is -2.20. The fourth-order valence-corrected chi connectivity index (χ4v) is 1.47. The number of rotatable bonds is 4. The Kier molecular flexibility index (Phi) is 3.79. The Bertz CT molecular complexity index is 366. The van der Waals surface area contributed by atoms with Crippen molar-refractivity contribution in [3.63, 3.8) is 0 Å². The van der Waals surface area contributed by atoms with Crippen molar-refractivity contribution in [1.82, 2.24) is 0 Å². The lowest BCUT2D eigenvalue weighted by molar-refractivity contribution is -0.116. The highest BCUT2D eigenvalue weighted by atomic mass is 19.3. The topological polar surface area (TPSA) is 17.1 Å². The number of hydrogen-bond donors (Lipinski definition) is 0. The minimum absolute atomic E-state index is 0.00908. The lowest BCUT2D eigenvalue weighted by Crippen LogP contribution is -2.20. The van der Waals surface area contributed by atoms with E-state index in [1.807, 2.05) is 0 Å². The van der Waals surface area contributed by atoms with Crippen molar-refractivity contribution in [1.29, 1.82) is 0 Å². The molecule has 0 N–H and O–H groups in total. The minimum Gasteiger partial charge on any atom is -0.300 e. The van der Waals surface area contributed by atoms with E-state index in [1.54, 1.807) is 12.1 Å². The van der Waals surface area contributed by atoms with Gasteiger partial charge in [0.1, 0.15) is 5.78 Å². The van der Waals surface area contributed by atoms with Crippen LogP contribution in [0.5, 0.6) is 0 Å². The summed E-state index contributed by atoms with van der Waals surface area (Å²) in [5.74, 6) is -3.51. The van der Waals surface area contributed by atoms with Gasteiger partial charge in [-0.05, 0) is 12.5 Å². The standard InChI is InChI=1S/C13H16F2O/c1-9(2)13(14,15)12-6-4-11(5-7-12)8-10(3)16/h4-7,9H,8H2,1-3H3. The van der Waals surface area contributed by atoms with Crippen LogP contribution in [0.25, 0.3) is 0 Å². The van der Waals surface area contributed by atoms with Crippen LogP contribution in [0.3, 0.4) is 0 Å². The molecule has 0 atom stereocenters. The fraction of sp³-hybridized carbons (Fsp3) is 0.462. The zero-order valence-electron chi connectivity index (χ0n) is 9.76. The molecular weight excluding hydrogens is 210 g/mol. The van der Waals surface area contributed by atoms with Crippen LogP contribution in [0, 0.1) is 5.92 Å². The van der Waals surface area contributed by atoms with Crippen LogP contribution in [0.1, 0.15) is 31.9 Å². The van der Waals surface area contributed by atoms with Gasteiger partial charge in [-0.15, -0.1) is 0 Å². The average molecular weight is 226 g/mol. The molecule has 0 fully saturated rings. The minimum atomic E-state index is -2.81. The van der Waals surface area contributed by atoms with Crippen molar-refractivity contribution >= 4 is 5.78 Å². The van der Waals surface area contributed by atoms with Crippen molar-refractivity contribution in [2.45, 2.75) is 33.1 Å². The predicted molar refractivity (Wildman–Crippen MR) is 59.6 cm³/mol. The zero-order chi connectivity index (χ0) is 12.3. The summed E-state index contributed by atoms with van der Waals surface area (Å²) in [6.45, 7) is 4.46. The monoisotopic (exact) mass is 226 g/mol. The van der Waals surface area contributed by atoms with Gasteiger partial charge in [-0.3, -0.25) is 4.79 Å². The van der Waals surface area contributed by atoms with Crippen molar-refractivity contribution in [2.75, 3.05) is 0 Å². The molecule has 1 aromatic carbocycles. The second-order valence-electron chi connectivity index (χ2n) is 4.35. The molecule has 0 radical (unpaired) electrons. The first-order valence-electron chi connectivity index (χ1n) is 5.30. The molecular formula is C13H16F2O. The fourth-order valence-electron chi connectivity index (χ4n) is 1.47. The molecule has 0 spiro atoms. The SMILES string of the molecule is CC(=O)Cc1ccc(C(F)(F)C(C)C)cc1. The van der Waals surface area contributed by atoms with Gasteiger partial charge in [-0.25, -0.2) is 8.78 Å². The van der Waals surface area contributed by atoms with Crippen LogP contribution in [0.2, 0.25) is 0 Å². The molecule has 1 nitrogen and oxygen atoms in total. The number of benzene rings is 1. The van der Waals surface area contributed by atoms with Crippen LogP contribution in [-0.2, 0) is 17.1 Å². The smallest absolute Gasteiger partial charge is 0.275 e. The van der Waals surface area contributed by atoms with Gasteiger partial charge in [0.15, 0.2) is 0 Å². The number of halogens is 2. The van der Waals surface area contributed by atoms with Gasteiger partial charge in [-0.1, -0.05) is 38.1 Å². The van der Waals surface area contributed by atoms with E-state index in [9.17, 15) is 13.6 Å². The van der Waals surface area contributed by atoms with E-state index < -0.39 is 11.8 Å². The molecule has 0 heterocycles. The number of carbonyl (C=O) groups is 1. The van der Waals surface area contributed by atoms with E-state index in [0.29, 0.717) is 6.42 Å². The summed E-state index contributed by atoms with van der Waals surface area (Å²) in [7, 11) is 0. The van der Waals surface area contributed by atoms with Crippen LogP contribution in [-0.4, -0.2) is 5.78 Å². The maximum absolute atomic E-state index is 13.6. The summed E-state index contributed by atoms with van der Waals surface area (Å²) >= 11 is 0. The van der Waals surface area contributed by atoms with Gasteiger partial charge in [0, 0.05) is 17.9 Å². The first-order chi connectivity index (χ1) is 7.34. The second kappa shape index (κ2) is 4.73. The van der Waals surface area contributed by atoms with E-state index in [1.165, 1.54) is 32.9 Å². The van der Waals surface area contributed by atoms with Gasteiger partial charge in [0.25, 0.3) is 5.92 Å². The molecule has 1 rings (SSSR count). The third-order valence-corrected chi connectivity index (χ3v) is 2.52. The Morgan fingerprint density at radius 2 is 1.75 bits per heavy atom. The molecule has 0 unspecified atom stereocenters. The molecule has 0 aliphatic heterocycles. The van der Waals surface area contributed by atoms with Crippen molar-refractivity contribution in [2.24, 2.45) is 5.92 Å². The Balaban J connectivity index is 2.90. The highest BCUT2D eigenvalue weighted by Gasteiger charge is 2.35. The van der Waals surface area contributed by atoms with Gasteiger partial charge >= 0.3 is 0 Å². The normalized spacial score (nSPS) is 11.9. The molecule has 0 aliphatic carbocycles. The Hall–Kier alpha value is -1.25. The largest absolute Gasteiger partial charge is 0.300 e. The van der Waals surface area contributed by atoms with Crippen molar-refractivity contribution < 1.29 is 13.6 Å². The molecule has 0 saturated heterocycles. The second-order valence-corrected chi connectivity index (χ2v) is 4.35. The van der Waals surface area contributed by atoms with Crippen LogP contribution >= 0.6 is 0 Å². The maximum atomic E-state index is 13.6. The number of ketones is 1. The Labute approximate surface area is 94.5 Å². The van der Waals surface area contributed by atoms with Gasteiger partial charge < -0.3 is 0 Å². The number of alkyl halides is 2. The van der Waals surface area contributed by atoms with Crippen LogP contribution in [0.4, 0.5) is 8.78 Å². The van der Waals surface area contributed by atoms with E-state index >= 15 is 0 Å². The van der Waals surface area contributed by atoms with Gasteiger partial charge in [-0.2, -0.15) is 0 Å². The first-order valence-corrected chi connectivity index (χ1v) is 5.30. The third-order valence-electron chi connectivity index (χ3n) is 2.52. The highest BCUT2D eigenvalue weighted by molar-refractivity contribution is 5.78. The van der Waals surface area contributed by atoms with Crippen LogP contribution in [0.15, 0.2) is 24.3 Å². The summed E-state index contributed by atoms with van der Waals surface area (Å²) in [6.07, 6.45) is 0.299. The summed E-state index contributed by atoms with van der Waals surface area (Å²) in [5, 5.41) is 0. The number of carbonyl (C=O) groups excluding carboxylic acids is 1. The van der Waals surface area contributed by atoms with E-state index in [0.717, 1.165) is 5.56 Å². The average Bonchev–Trinajstić information content (AvgIpc) is 2.17. The molecule has 0 amide bonds. The van der Waals surface area contributed by atoms with Crippen molar-refractivity contribution in [3.8, 4) is 0 Å². The molecule has 0 bridgehead atoms. The maximum Gasteiger partial charge on any atom is 0.275 e. The summed E-state index contributed by atoms with van der Waals surface area (Å²) in [5.41, 5.74) is 0.783. The molecule has 0 saturated carbocycles. The van der Waals surface area contributed by atoms with Crippen LogP contribution < -0.4 is 0 Å². The van der Waals surface area contributed by atoms with Gasteiger partial charge in [0.2, 0.25) is 0 Å².